The van der Waals surface area contributed by atoms with Crippen LogP contribution in [0, 0.1) is 16.7 Å². The van der Waals surface area contributed by atoms with Gasteiger partial charge in [-0.1, -0.05) is 13.8 Å². The normalized spacial score (nSPS) is 31.8. The van der Waals surface area contributed by atoms with Gasteiger partial charge in [0, 0.05) is 50.2 Å². The first kappa shape index (κ1) is 28.6. The molecule has 0 N–H and O–H groups in total. The number of fused-ring (bicyclic) bond motifs is 4. The summed E-state index contributed by atoms with van der Waals surface area (Å²) in [5.74, 6) is -1.01. The Labute approximate surface area is 238 Å². The zero-order valence-corrected chi connectivity index (χ0v) is 24.1. The molecule has 10 nitrogen and oxygen atoms in total. The van der Waals surface area contributed by atoms with Crippen molar-refractivity contribution in [2.24, 2.45) is 16.7 Å². The van der Waals surface area contributed by atoms with Crippen molar-refractivity contribution >= 4 is 24.0 Å². The highest BCUT2D eigenvalue weighted by Crippen LogP contribution is 2.65. The van der Waals surface area contributed by atoms with Crippen LogP contribution in [0.3, 0.4) is 0 Å². The summed E-state index contributed by atoms with van der Waals surface area (Å²) in [4.78, 5) is 53.8. The molecule has 0 radical (unpaired) electrons. The van der Waals surface area contributed by atoms with Crippen molar-refractivity contribution in [3.63, 3.8) is 0 Å². The highest BCUT2D eigenvalue weighted by molar-refractivity contribution is 5.71. The summed E-state index contributed by atoms with van der Waals surface area (Å²) in [6.07, 6.45) is 5.18. The summed E-state index contributed by atoms with van der Waals surface area (Å²) in [6, 6.07) is 5.18. The van der Waals surface area contributed by atoms with Gasteiger partial charge in [0.05, 0.1) is 0 Å². The summed E-state index contributed by atoms with van der Waals surface area (Å²) in [5, 5.41) is 0. The third-order valence-corrected chi connectivity index (χ3v) is 9.15. The fourth-order valence-electron chi connectivity index (χ4n) is 7.27. The third kappa shape index (κ3) is 4.83. The van der Waals surface area contributed by atoms with Gasteiger partial charge in [0.1, 0.15) is 35.9 Å². The van der Waals surface area contributed by atoms with E-state index in [4.69, 9.17) is 23.4 Å². The van der Waals surface area contributed by atoms with Gasteiger partial charge in [-0.2, -0.15) is 0 Å². The minimum absolute atomic E-state index is 0.00533. The van der Waals surface area contributed by atoms with Crippen LogP contribution >= 0.6 is 0 Å². The minimum atomic E-state index is -1.11. The van der Waals surface area contributed by atoms with Crippen molar-refractivity contribution in [2.75, 3.05) is 6.61 Å². The van der Waals surface area contributed by atoms with E-state index in [1.165, 1.54) is 20.8 Å². The van der Waals surface area contributed by atoms with E-state index in [1.807, 2.05) is 13.8 Å². The van der Waals surface area contributed by atoms with Gasteiger partial charge in [0.25, 0.3) is 0 Å². The zero-order chi connectivity index (χ0) is 29.7. The lowest BCUT2D eigenvalue weighted by Crippen LogP contribution is -2.66. The van der Waals surface area contributed by atoms with Crippen LogP contribution in [-0.2, 0) is 28.6 Å². The van der Waals surface area contributed by atoms with Crippen molar-refractivity contribution < 1.29 is 37.7 Å². The number of hydrogen-bond donors (Lipinski definition) is 0. The average molecular weight is 566 g/mol. The van der Waals surface area contributed by atoms with E-state index in [9.17, 15) is 19.2 Å². The Balaban J connectivity index is 1.68. The van der Waals surface area contributed by atoms with E-state index in [1.54, 1.807) is 36.7 Å². The van der Waals surface area contributed by atoms with Crippen LogP contribution in [0.2, 0.25) is 0 Å². The molecule has 2 fully saturated rings. The molecule has 6 atom stereocenters. The molecule has 0 saturated heterocycles. The molecule has 2 saturated carbocycles. The highest BCUT2D eigenvalue weighted by Gasteiger charge is 2.66. The van der Waals surface area contributed by atoms with Gasteiger partial charge in [-0.3, -0.25) is 19.4 Å². The standard InChI is InChI=1S/C31H35NO9/c1-17(33)37-16-30(5)24-14-27(39-19(3)35)31(6)25(29(24,4)10-9-26(30)38-18(2)34)12-21-23(41-31)13-22(40-28(21)36)20-8-7-11-32-15-20/h7-8,11-13,15,24,26-27H,9-10,14,16H2,1-6H3. The molecule has 2 aromatic rings. The number of rotatable bonds is 5. The second kappa shape index (κ2) is 10.2. The van der Waals surface area contributed by atoms with Gasteiger partial charge >= 0.3 is 23.5 Å². The summed E-state index contributed by atoms with van der Waals surface area (Å²) in [6.45, 7) is 9.93. The second-order valence-corrected chi connectivity index (χ2v) is 11.9. The third-order valence-electron chi connectivity index (χ3n) is 9.15. The molecule has 41 heavy (non-hydrogen) atoms. The fraction of sp³-hybridized carbons (Fsp3) is 0.516. The van der Waals surface area contributed by atoms with Crippen molar-refractivity contribution in [3.8, 4) is 17.1 Å². The van der Waals surface area contributed by atoms with Crippen LogP contribution in [0.15, 0.2) is 45.4 Å². The van der Waals surface area contributed by atoms with E-state index in [0.29, 0.717) is 36.3 Å². The van der Waals surface area contributed by atoms with Crippen LogP contribution < -0.4 is 10.4 Å². The molecule has 0 aromatic carbocycles. The lowest BCUT2D eigenvalue weighted by atomic mass is 9.45. The van der Waals surface area contributed by atoms with Crippen molar-refractivity contribution in [1.29, 1.82) is 0 Å². The maximum Gasteiger partial charge on any atom is 0.347 e. The number of pyridine rings is 1. The Bertz CT molecular complexity index is 1480. The van der Waals surface area contributed by atoms with Crippen LogP contribution in [0.25, 0.3) is 17.4 Å². The lowest BCUT2D eigenvalue weighted by Gasteiger charge is -2.63. The molecule has 2 aliphatic carbocycles. The molecule has 0 amide bonds. The molecular formula is C31H35NO9. The SMILES string of the molecule is CC(=O)OCC1(C)C(OC(C)=O)CCC2(C)C3=Cc4c(cc(-c5cccnc5)oc4=O)OC3(C)C(OC(C)=O)CC21. The zero-order valence-electron chi connectivity index (χ0n) is 24.1. The van der Waals surface area contributed by atoms with Gasteiger partial charge < -0.3 is 23.4 Å². The Morgan fingerprint density at radius 3 is 2.39 bits per heavy atom. The Kier molecular flexibility index (Phi) is 7.07. The maximum atomic E-state index is 13.3. The van der Waals surface area contributed by atoms with Crippen LogP contribution in [0.1, 0.15) is 66.4 Å². The number of nitrogens with zero attached hydrogens (tertiary/aromatic N) is 1. The van der Waals surface area contributed by atoms with Gasteiger partial charge in [0.15, 0.2) is 5.60 Å². The molecular weight excluding hydrogens is 530 g/mol. The predicted octanol–water partition coefficient (Wildman–Crippen LogP) is 4.49. The molecule has 2 aromatic heterocycles. The quantitative estimate of drug-likeness (QED) is 0.377. The topological polar surface area (TPSA) is 131 Å². The molecule has 218 valence electrons. The monoisotopic (exact) mass is 565 g/mol. The maximum absolute atomic E-state index is 13.3. The van der Waals surface area contributed by atoms with Gasteiger partial charge in [-0.15, -0.1) is 0 Å². The summed E-state index contributed by atoms with van der Waals surface area (Å²) >= 11 is 0. The van der Waals surface area contributed by atoms with E-state index >= 15 is 0 Å². The van der Waals surface area contributed by atoms with E-state index in [2.05, 4.69) is 11.9 Å². The Hall–Kier alpha value is -3.95. The van der Waals surface area contributed by atoms with Gasteiger partial charge in [-0.25, -0.2) is 4.79 Å². The first-order valence-corrected chi connectivity index (χ1v) is 13.8. The lowest BCUT2D eigenvalue weighted by molar-refractivity contribution is -0.203. The predicted molar refractivity (Wildman–Crippen MR) is 147 cm³/mol. The van der Waals surface area contributed by atoms with Crippen LogP contribution in [0.4, 0.5) is 0 Å². The number of hydrogen-bond acceptors (Lipinski definition) is 10. The van der Waals surface area contributed by atoms with Crippen molar-refractivity contribution in [2.45, 2.75) is 78.6 Å². The van der Waals surface area contributed by atoms with Crippen LogP contribution in [-0.4, -0.2) is 47.3 Å². The average Bonchev–Trinajstić information content (AvgIpc) is 2.90. The fourth-order valence-corrected chi connectivity index (χ4v) is 7.27. The summed E-state index contributed by atoms with van der Waals surface area (Å²) in [5.41, 5.74) is -1.44. The first-order chi connectivity index (χ1) is 19.3. The van der Waals surface area contributed by atoms with E-state index in [-0.39, 0.29) is 18.1 Å². The van der Waals surface area contributed by atoms with Crippen molar-refractivity contribution in [1.82, 2.24) is 4.98 Å². The number of carbonyl (C=O) groups excluding carboxylic acids is 3. The van der Waals surface area contributed by atoms with E-state index in [0.717, 1.165) is 5.57 Å². The highest BCUT2D eigenvalue weighted by atomic mass is 16.6. The summed E-state index contributed by atoms with van der Waals surface area (Å²) < 4.78 is 29.6. The molecule has 5 rings (SSSR count). The first-order valence-electron chi connectivity index (χ1n) is 13.8. The smallest absolute Gasteiger partial charge is 0.347 e. The molecule has 3 heterocycles. The minimum Gasteiger partial charge on any atom is -0.478 e. The number of carbonyl (C=O) groups is 3. The molecule has 1 aliphatic heterocycles. The largest absolute Gasteiger partial charge is 0.478 e. The number of ether oxygens (including phenoxy) is 4. The summed E-state index contributed by atoms with van der Waals surface area (Å²) in [7, 11) is 0. The number of esters is 3. The molecule has 10 heteroatoms. The molecule has 3 aliphatic rings. The Morgan fingerprint density at radius 2 is 1.76 bits per heavy atom. The molecule has 0 bridgehead atoms. The second-order valence-electron chi connectivity index (χ2n) is 11.9. The molecule has 0 spiro atoms. The van der Waals surface area contributed by atoms with E-state index < -0.39 is 52.2 Å². The van der Waals surface area contributed by atoms with Gasteiger partial charge in [-0.05, 0) is 61.3 Å². The van der Waals surface area contributed by atoms with Gasteiger partial charge in [0.2, 0.25) is 0 Å². The van der Waals surface area contributed by atoms with Crippen molar-refractivity contribution in [3.05, 3.63) is 52.1 Å². The number of aromatic nitrogens is 1. The Morgan fingerprint density at radius 1 is 1.05 bits per heavy atom. The molecule has 6 unspecified atom stereocenters. The van der Waals surface area contributed by atoms with Crippen LogP contribution in [0.5, 0.6) is 5.75 Å².